The van der Waals surface area contributed by atoms with E-state index in [1.54, 1.807) is 0 Å². The molecule has 0 aliphatic heterocycles. The maximum absolute atomic E-state index is 10.6. The predicted octanol–water partition coefficient (Wildman–Crippen LogP) is 2.21. The number of nitrogens with zero attached hydrogens (tertiary/aromatic N) is 2. The van der Waals surface area contributed by atoms with Crippen LogP contribution in [0.1, 0.15) is 36.9 Å². The first-order chi connectivity index (χ1) is 8.68. The third kappa shape index (κ3) is 2.85. The molecule has 0 bridgehead atoms. The Morgan fingerprint density at radius 3 is 2.94 bits per heavy atom. The first-order valence-electron chi connectivity index (χ1n) is 6.04. The van der Waals surface area contributed by atoms with Crippen LogP contribution in [0.2, 0.25) is 0 Å². The van der Waals surface area contributed by atoms with Crippen molar-refractivity contribution in [3.05, 3.63) is 23.7 Å². The van der Waals surface area contributed by atoms with Crippen molar-refractivity contribution in [2.75, 3.05) is 6.61 Å². The molecule has 1 N–H and O–H groups in total. The molecule has 1 aliphatic rings. The van der Waals surface area contributed by atoms with Gasteiger partial charge in [0.05, 0.1) is 11.3 Å². The van der Waals surface area contributed by atoms with E-state index >= 15 is 0 Å². The topological polar surface area (TPSA) is 72.3 Å². The van der Waals surface area contributed by atoms with Crippen molar-refractivity contribution in [2.24, 2.45) is 0 Å². The molecule has 0 saturated carbocycles. The normalized spacial score (nSPS) is 15.1. The second-order valence-electron chi connectivity index (χ2n) is 4.30. The van der Waals surface area contributed by atoms with Gasteiger partial charge in [0.15, 0.2) is 6.61 Å². The van der Waals surface area contributed by atoms with E-state index < -0.39 is 5.97 Å². The Hall–Kier alpha value is -1.91. The van der Waals surface area contributed by atoms with Gasteiger partial charge in [-0.15, -0.1) is 0 Å². The first-order valence-corrected chi connectivity index (χ1v) is 6.04. The Bertz CT molecular complexity index is 483. The molecule has 0 fully saturated rings. The maximum Gasteiger partial charge on any atom is 0.341 e. The van der Waals surface area contributed by atoms with Gasteiger partial charge in [-0.05, 0) is 38.2 Å². The van der Waals surface area contributed by atoms with E-state index in [0.29, 0.717) is 5.88 Å². The average molecular weight is 248 g/mol. The molecule has 0 aromatic carbocycles. The number of hydrogen-bond acceptors (Lipinski definition) is 4. The minimum atomic E-state index is -1.00. The van der Waals surface area contributed by atoms with Gasteiger partial charge in [0.25, 0.3) is 0 Å². The fourth-order valence-corrected chi connectivity index (χ4v) is 2.13. The number of allylic oxidation sites excluding steroid dienone is 2. The first kappa shape index (κ1) is 12.5. The monoisotopic (exact) mass is 248 g/mol. The SMILES string of the molecule is Cc1ncnc(OCC(=O)O)c1C1=CCCCC1. The Kier molecular flexibility index (Phi) is 3.92. The lowest BCUT2D eigenvalue weighted by molar-refractivity contribution is -0.139. The van der Waals surface area contributed by atoms with Gasteiger partial charge < -0.3 is 9.84 Å². The fraction of sp³-hybridized carbons (Fsp3) is 0.462. The molecule has 1 aromatic rings. The second-order valence-corrected chi connectivity index (χ2v) is 4.30. The van der Waals surface area contributed by atoms with Crippen molar-refractivity contribution < 1.29 is 14.6 Å². The van der Waals surface area contributed by atoms with E-state index in [1.807, 2.05) is 6.92 Å². The smallest absolute Gasteiger partial charge is 0.341 e. The van der Waals surface area contributed by atoms with Crippen LogP contribution in [0.5, 0.6) is 5.88 Å². The van der Waals surface area contributed by atoms with Crippen LogP contribution in [0.15, 0.2) is 12.4 Å². The Morgan fingerprint density at radius 1 is 1.44 bits per heavy atom. The maximum atomic E-state index is 10.6. The van der Waals surface area contributed by atoms with E-state index in [9.17, 15) is 4.79 Å². The number of aromatic nitrogens is 2. The summed E-state index contributed by atoms with van der Waals surface area (Å²) in [5.41, 5.74) is 2.86. The summed E-state index contributed by atoms with van der Waals surface area (Å²) >= 11 is 0. The van der Waals surface area contributed by atoms with E-state index in [2.05, 4.69) is 16.0 Å². The van der Waals surface area contributed by atoms with Crippen LogP contribution in [-0.4, -0.2) is 27.7 Å². The standard InChI is InChI=1S/C13H16N2O3/c1-9-12(10-5-3-2-4-6-10)13(15-8-14-9)18-7-11(16)17/h5,8H,2-4,6-7H2,1H3,(H,16,17). The van der Waals surface area contributed by atoms with Gasteiger partial charge in [-0.2, -0.15) is 0 Å². The van der Waals surface area contributed by atoms with Crippen molar-refractivity contribution in [2.45, 2.75) is 32.6 Å². The van der Waals surface area contributed by atoms with E-state index in [0.717, 1.165) is 30.5 Å². The molecule has 1 aromatic heterocycles. The minimum Gasteiger partial charge on any atom is -0.479 e. The predicted molar refractivity (Wildman–Crippen MR) is 66.3 cm³/mol. The molecule has 5 nitrogen and oxygen atoms in total. The third-order valence-corrected chi connectivity index (χ3v) is 2.95. The van der Waals surface area contributed by atoms with Gasteiger partial charge >= 0.3 is 5.97 Å². The van der Waals surface area contributed by atoms with Gasteiger partial charge in [0.1, 0.15) is 6.33 Å². The molecule has 0 atom stereocenters. The molecule has 0 amide bonds. The van der Waals surface area contributed by atoms with Crippen molar-refractivity contribution in [3.8, 4) is 5.88 Å². The van der Waals surface area contributed by atoms with E-state index in [-0.39, 0.29) is 6.61 Å². The van der Waals surface area contributed by atoms with Crippen LogP contribution in [0.3, 0.4) is 0 Å². The molecule has 18 heavy (non-hydrogen) atoms. The summed E-state index contributed by atoms with van der Waals surface area (Å²) in [6.45, 7) is 1.51. The average Bonchev–Trinajstić information content (AvgIpc) is 2.37. The highest BCUT2D eigenvalue weighted by Crippen LogP contribution is 2.33. The molecule has 0 spiro atoms. The minimum absolute atomic E-state index is 0.373. The molecule has 96 valence electrons. The zero-order valence-corrected chi connectivity index (χ0v) is 10.3. The van der Waals surface area contributed by atoms with E-state index in [4.69, 9.17) is 9.84 Å². The highest BCUT2D eigenvalue weighted by Gasteiger charge is 2.16. The van der Waals surface area contributed by atoms with Crippen molar-refractivity contribution in [1.29, 1.82) is 0 Å². The van der Waals surface area contributed by atoms with Gasteiger partial charge in [0.2, 0.25) is 5.88 Å². The zero-order chi connectivity index (χ0) is 13.0. The third-order valence-electron chi connectivity index (χ3n) is 2.95. The number of carbonyl (C=O) groups is 1. The summed E-state index contributed by atoms with van der Waals surface area (Å²) < 4.78 is 5.24. The van der Waals surface area contributed by atoms with Crippen molar-refractivity contribution in [1.82, 2.24) is 9.97 Å². The van der Waals surface area contributed by atoms with Crippen LogP contribution in [-0.2, 0) is 4.79 Å². The Labute approximate surface area is 106 Å². The highest BCUT2D eigenvalue weighted by molar-refractivity contribution is 5.72. The number of aryl methyl sites for hydroxylation is 1. The van der Waals surface area contributed by atoms with Crippen LogP contribution in [0, 0.1) is 6.92 Å². The van der Waals surface area contributed by atoms with Crippen LogP contribution >= 0.6 is 0 Å². The summed E-state index contributed by atoms with van der Waals surface area (Å²) in [4.78, 5) is 18.8. The summed E-state index contributed by atoms with van der Waals surface area (Å²) in [6.07, 6.45) is 7.92. The summed E-state index contributed by atoms with van der Waals surface area (Å²) in [7, 11) is 0. The van der Waals surface area contributed by atoms with Crippen LogP contribution in [0.4, 0.5) is 0 Å². The van der Waals surface area contributed by atoms with Crippen LogP contribution < -0.4 is 4.74 Å². The molecule has 0 saturated heterocycles. The van der Waals surface area contributed by atoms with E-state index in [1.165, 1.54) is 18.3 Å². The quantitative estimate of drug-likeness (QED) is 0.884. The highest BCUT2D eigenvalue weighted by atomic mass is 16.5. The van der Waals surface area contributed by atoms with Gasteiger partial charge in [-0.25, -0.2) is 14.8 Å². The van der Waals surface area contributed by atoms with Crippen molar-refractivity contribution >= 4 is 11.5 Å². The van der Waals surface area contributed by atoms with Gasteiger partial charge in [-0.3, -0.25) is 0 Å². The molecule has 0 radical (unpaired) electrons. The lowest BCUT2D eigenvalue weighted by atomic mass is 9.93. The largest absolute Gasteiger partial charge is 0.479 e. The van der Waals surface area contributed by atoms with Gasteiger partial charge in [-0.1, -0.05) is 6.08 Å². The lowest BCUT2D eigenvalue weighted by Crippen LogP contribution is -2.12. The molecule has 1 aliphatic carbocycles. The number of aliphatic carboxylic acids is 1. The number of carboxylic acid groups (broad SMARTS) is 1. The number of hydrogen-bond donors (Lipinski definition) is 1. The zero-order valence-electron chi connectivity index (χ0n) is 10.3. The molecule has 1 heterocycles. The summed E-state index contributed by atoms with van der Waals surface area (Å²) in [6, 6.07) is 0. The number of rotatable bonds is 4. The number of carboxylic acids is 1. The van der Waals surface area contributed by atoms with Gasteiger partial charge in [0, 0.05) is 0 Å². The molecule has 2 rings (SSSR count). The molecule has 5 heteroatoms. The molecule has 0 unspecified atom stereocenters. The molecular formula is C13H16N2O3. The summed E-state index contributed by atoms with van der Waals surface area (Å²) in [5, 5.41) is 8.66. The summed E-state index contributed by atoms with van der Waals surface area (Å²) in [5.74, 6) is -0.632. The fourth-order valence-electron chi connectivity index (χ4n) is 2.13. The second kappa shape index (κ2) is 5.62. The lowest BCUT2D eigenvalue weighted by Gasteiger charge is -2.17. The molecular weight excluding hydrogens is 232 g/mol. The van der Waals surface area contributed by atoms with Crippen molar-refractivity contribution in [3.63, 3.8) is 0 Å². The Balaban J connectivity index is 2.31. The van der Waals surface area contributed by atoms with Crippen LogP contribution in [0.25, 0.3) is 5.57 Å². The Morgan fingerprint density at radius 2 is 2.28 bits per heavy atom. The number of ether oxygens (including phenoxy) is 1.